The van der Waals surface area contributed by atoms with Gasteiger partial charge in [-0.2, -0.15) is 5.10 Å². The van der Waals surface area contributed by atoms with Gasteiger partial charge in [-0.3, -0.25) is 9.59 Å². The molecule has 3 rings (SSSR count). The predicted molar refractivity (Wildman–Crippen MR) is 111 cm³/mol. The van der Waals surface area contributed by atoms with Gasteiger partial charge in [0.2, 0.25) is 0 Å². The van der Waals surface area contributed by atoms with Crippen molar-refractivity contribution in [1.82, 2.24) is 9.78 Å². The maximum absolute atomic E-state index is 12.8. The monoisotopic (exact) mass is 398 g/mol. The van der Waals surface area contributed by atoms with Crippen molar-refractivity contribution in [2.45, 2.75) is 39.2 Å². The van der Waals surface area contributed by atoms with Crippen LogP contribution >= 0.6 is 0 Å². The fourth-order valence-corrected chi connectivity index (χ4v) is 3.34. The molecular weight excluding hydrogens is 372 g/mol. The second-order valence-electron chi connectivity index (χ2n) is 7.01. The zero-order valence-electron chi connectivity index (χ0n) is 16.8. The van der Waals surface area contributed by atoms with E-state index in [0.717, 1.165) is 44.5 Å². The molecule has 1 fully saturated rings. The Kier molecular flexibility index (Phi) is 6.64. The second kappa shape index (κ2) is 9.36. The zero-order chi connectivity index (χ0) is 20.8. The van der Waals surface area contributed by atoms with Crippen LogP contribution < -0.4 is 15.8 Å². The van der Waals surface area contributed by atoms with Crippen molar-refractivity contribution in [1.29, 1.82) is 0 Å². The van der Waals surface area contributed by atoms with E-state index in [4.69, 9.17) is 4.74 Å². The number of amides is 1. The summed E-state index contributed by atoms with van der Waals surface area (Å²) in [4.78, 5) is 38.9. The Balaban J connectivity index is 1.90. The molecular formula is C21H26N4O4. The van der Waals surface area contributed by atoms with E-state index in [1.54, 1.807) is 12.1 Å². The van der Waals surface area contributed by atoms with Crippen molar-refractivity contribution in [3.05, 3.63) is 51.9 Å². The highest BCUT2D eigenvalue weighted by molar-refractivity contribution is 6.05. The first-order valence-corrected chi connectivity index (χ1v) is 9.90. The lowest BCUT2D eigenvalue weighted by Crippen LogP contribution is -2.27. The number of carbonyl (C=O) groups excluding carboxylic acids is 2. The van der Waals surface area contributed by atoms with Gasteiger partial charge in [0.15, 0.2) is 0 Å². The van der Waals surface area contributed by atoms with Crippen molar-refractivity contribution in [3.8, 4) is 0 Å². The van der Waals surface area contributed by atoms with Crippen LogP contribution in [-0.4, -0.2) is 41.9 Å². The van der Waals surface area contributed by atoms with E-state index in [1.807, 2.05) is 13.0 Å². The molecule has 1 aliphatic rings. The number of nitrogens with zero attached hydrogens (tertiary/aromatic N) is 3. The molecule has 8 heteroatoms. The number of aryl methyl sites for hydroxylation is 1. The third-order valence-corrected chi connectivity index (χ3v) is 4.94. The first-order chi connectivity index (χ1) is 14.0. The molecule has 0 radical (unpaired) electrons. The highest BCUT2D eigenvalue weighted by Gasteiger charge is 2.20. The average molecular weight is 398 g/mol. The minimum Gasteiger partial charge on any atom is -0.465 e. The molecule has 2 aromatic rings. The topological polar surface area (TPSA) is 93.5 Å². The van der Waals surface area contributed by atoms with E-state index in [2.05, 4.69) is 15.3 Å². The van der Waals surface area contributed by atoms with Crippen LogP contribution in [0.3, 0.4) is 0 Å². The summed E-state index contributed by atoms with van der Waals surface area (Å²) in [6.07, 6.45) is 3.88. The van der Waals surface area contributed by atoms with Crippen molar-refractivity contribution < 1.29 is 14.3 Å². The number of carbonyl (C=O) groups is 2. The highest BCUT2D eigenvalue weighted by Crippen LogP contribution is 2.30. The van der Waals surface area contributed by atoms with Gasteiger partial charge in [0.25, 0.3) is 11.5 Å². The van der Waals surface area contributed by atoms with E-state index >= 15 is 0 Å². The normalized spacial score (nSPS) is 13.4. The Bertz CT molecular complexity index is 948. The number of aromatic nitrogens is 2. The standard InChI is InChI=1S/C21H26N4O4/c1-3-4-13-25-19(26)10-8-16(23-25)20(27)22-17-14-15(21(28)29-2)7-9-18(17)24-11-5-6-12-24/h7-10,14H,3-6,11-13H2,1-2H3,(H,22,27). The van der Waals surface area contributed by atoms with Gasteiger partial charge >= 0.3 is 5.97 Å². The summed E-state index contributed by atoms with van der Waals surface area (Å²) in [5, 5.41) is 7.05. The Morgan fingerprint density at radius 3 is 2.62 bits per heavy atom. The maximum atomic E-state index is 12.8. The van der Waals surface area contributed by atoms with Crippen molar-refractivity contribution in [2.24, 2.45) is 0 Å². The number of hydrogen-bond acceptors (Lipinski definition) is 6. The predicted octanol–water partition coefficient (Wildman–Crippen LogP) is 2.68. The number of rotatable bonds is 7. The van der Waals surface area contributed by atoms with Gasteiger partial charge in [-0.1, -0.05) is 13.3 Å². The number of anilines is 2. The van der Waals surface area contributed by atoms with Gasteiger partial charge in [-0.15, -0.1) is 0 Å². The molecule has 1 aliphatic heterocycles. The molecule has 0 aliphatic carbocycles. The third kappa shape index (κ3) is 4.82. The lowest BCUT2D eigenvalue weighted by molar-refractivity contribution is 0.0600. The second-order valence-corrected chi connectivity index (χ2v) is 7.01. The van der Waals surface area contributed by atoms with Gasteiger partial charge in [-0.05, 0) is 43.5 Å². The Hall–Kier alpha value is -3.16. The molecule has 0 atom stereocenters. The molecule has 8 nitrogen and oxygen atoms in total. The van der Waals surface area contributed by atoms with E-state index in [1.165, 1.54) is 23.9 Å². The van der Waals surface area contributed by atoms with Crippen LogP contribution in [0.15, 0.2) is 35.1 Å². The lowest BCUT2D eigenvalue weighted by atomic mass is 10.1. The molecule has 1 amide bonds. The van der Waals surface area contributed by atoms with E-state index in [9.17, 15) is 14.4 Å². The van der Waals surface area contributed by atoms with Gasteiger partial charge in [0, 0.05) is 25.7 Å². The molecule has 1 saturated heterocycles. The van der Waals surface area contributed by atoms with E-state index < -0.39 is 11.9 Å². The van der Waals surface area contributed by atoms with E-state index in [-0.39, 0.29) is 11.3 Å². The molecule has 154 valence electrons. The third-order valence-electron chi connectivity index (χ3n) is 4.94. The molecule has 29 heavy (non-hydrogen) atoms. The molecule has 0 saturated carbocycles. The number of methoxy groups -OCH3 is 1. The summed E-state index contributed by atoms with van der Waals surface area (Å²) in [6, 6.07) is 7.90. The SMILES string of the molecule is CCCCn1nc(C(=O)Nc2cc(C(=O)OC)ccc2N2CCCC2)ccc1=O. The summed E-state index contributed by atoms with van der Waals surface area (Å²) < 4.78 is 6.11. The van der Waals surface area contributed by atoms with Crippen molar-refractivity contribution >= 4 is 23.3 Å². The molecule has 2 heterocycles. The average Bonchev–Trinajstić information content (AvgIpc) is 3.27. The van der Waals surface area contributed by atoms with Crippen LogP contribution in [-0.2, 0) is 11.3 Å². The largest absolute Gasteiger partial charge is 0.465 e. The molecule has 0 unspecified atom stereocenters. The lowest BCUT2D eigenvalue weighted by Gasteiger charge is -2.22. The van der Waals surface area contributed by atoms with Crippen LogP contribution in [0, 0.1) is 0 Å². The van der Waals surface area contributed by atoms with Gasteiger partial charge in [0.05, 0.1) is 24.0 Å². The molecule has 1 N–H and O–H groups in total. The number of ether oxygens (including phenoxy) is 1. The molecule has 0 spiro atoms. The number of esters is 1. The van der Waals surface area contributed by atoms with Gasteiger partial charge in [0.1, 0.15) is 5.69 Å². The van der Waals surface area contributed by atoms with Crippen LogP contribution in [0.4, 0.5) is 11.4 Å². The molecule has 0 bridgehead atoms. The van der Waals surface area contributed by atoms with Crippen molar-refractivity contribution in [2.75, 3.05) is 30.4 Å². The first-order valence-electron chi connectivity index (χ1n) is 9.90. The highest BCUT2D eigenvalue weighted by atomic mass is 16.5. The number of unbranched alkanes of at least 4 members (excludes halogenated alkanes) is 1. The smallest absolute Gasteiger partial charge is 0.337 e. The summed E-state index contributed by atoms with van der Waals surface area (Å²) in [5.41, 5.74) is 1.64. The Labute approximate surface area is 169 Å². The van der Waals surface area contributed by atoms with Gasteiger partial charge in [-0.25, -0.2) is 9.48 Å². The van der Waals surface area contributed by atoms with Crippen LogP contribution in [0.1, 0.15) is 53.5 Å². The number of hydrogen-bond donors (Lipinski definition) is 1. The number of nitrogens with one attached hydrogen (secondary N) is 1. The van der Waals surface area contributed by atoms with Crippen LogP contribution in [0.25, 0.3) is 0 Å². The zero-order valence-corrected chi connectivity index (χ0v) is 16.8. The van der Waals surface area contributed by atoms with Crippen molar-refractivity contribution in [3.63, 3.8) is 0 Å². The Morgan fingerprint density at radius 1 is 1.17 bits per heavy atom. The fourth-order valence-electron chi connectivity index (χ4n) is 3.34. The van der Waals surface area contributed by atoms with Gasteiger partial charge < -0.3 is 15.0 Å². The quantitative estimate of drug-likeness (QED) is 0.721. The summed E-state index contributed by atoms with van der Waals surface area (Å²) >= 11 is 0. The maximum Gasteiger partial charge on any atom is 0.337 e. The summed E-state index contributed by atoms with van der Waals surface area (Å²) in [5.74, 6) is -0.905. The first kappa shape index (κ1) is 20.6. The van der Waals surface area contributed by atoms with Crippen LogP contribution in [0.5, 0.6) is 0 Å². The van der Waals surface area contributed by atoms with E-state index in [0.29, 0.717) is 17.8 Å². The minimum absolute atomic E-state index is 0.150. The summed E-state index contributed by atoms with van der Waals surface area (Å²) in [6.45, 7) is 4.27. The fraction of sp³-hybridized carbons (Fsp3) is 0.429. The van der Waals surface area contributed by atoms with Crippen LogP contribution in [0.2, 0.25) is 0 Å². The minimum atomic E-state index is -0.472. The Morgan fingerprint density at radius 2 is 1.93 bits per heavy atom. The molecule has 1 aromatic carbocycles. The summed E-state index contributed by atoms with van der Waals surface area (Å²) in [7, 11) is 1.32. The molecule has 1 aromatic heterocycles. The number of benzene rings is 1.